The number of nitrogens with zero attached hydrogens (tertiary/aromatic N) is 1. The Kier molecular flexibility index (Phi) is 5.44. The maximum absolute atomic E-state index is 12.4. The number of benzene rings is 1. The number of rotatable bonds is 4. The summed E-state index contributed by atoms with van der Waals surface area (Å²) in [4.78, 5) is 24.3. The van der Waals surface area contributed by atoms with E-state index in [0.29, 0.717) is 13.0 Å². The zero-order chi connectivity index (χ0) is 19.6. The van der Waals surface area contributed by atoms with Gasteiger partial charge in [-0.05, 0) is 51.7 Å². The molecule has 0 spiro atoms. The van der Waals surface area contributed by atoms with Crippen LogP contribution in [0.25, 0.3) is 10.9 Å². The monoisotopic (exact) mass is 372 g/mol. The van der Waals surface area contributed by atoms with E-state index in [9.17, 15) is 9.59 Å². The maximum Gasteiger partial charge on any atom is 0.407 e. The van der Waals surface area contributed by atoms with Gasteiger partial charge in [0.1, 0.15) is 5.60 Å². The fourth-order valence-corrected chi connectivity index (χ4v) is 3.86. The molecule has 0 saturated carbocycles. The summed E-state index contributed by atoms with van der Waals surface area (Å²) in [5.41, 5.74) is 2.74. The lowest BCUT2D eigenvalue weighted by Gasteiger charge is -2.25. The largest absolute Gasteiger partial charge is 0.469 e. The number of carbonyl (C=O) groups is 2. The fraction of sp³-hybridized carbons (Fsp3) is 0.524. The van der Waals surface area contributed by atoms with Crippen molar-refractivity contribution in [1.29, 1.82) is 0 Å². The van der Waals surface area contributed by atoms with Crippen LogP contribution in [-0.2, 0) is 27.2 Å². The number of fused-ring (bicyclic) bond motifs is 3. The van der Waals surface area contributed by atoms with Crippen LogP contribution in [0.1, 0.15) is 50.8 Å². The predicted molar refractivity (Wildman–Crippen MR) is 104 cm³/mol. The van der Waals surface area contributed by atoms with Gasteiger partial charge >= 0.3 is 12.1 Å². The minimum Gasteiger partial charge on any atom is -0.469 e. The third-order valence-corrected chi connectivity index (χ3v) is 4.85. The second kappa shape index (κ2) is 7.62. The van der Waals surface area contributed by atoms with Crippen molar-refractivity contribution in [3.05, 3.63) is 35.5 Å². The van der Waals surface area contributed by atoms with Crippen LogP contribution in [0.5, 0.6) is 0 Å². The first-order chi connectivity index (χ1) is 12.8. The van der Waals surface area contributed by atoms with Gasteiger partial charge in [-0.3, -0.25) is 4.79 Å². The first kappa shape index (κ1) is 19.3. The van der Waals surface area contributed by atoms with Gasteiger partial charge in [0.15, 0.2) is 0 Å². The molecule has 0 fully saturated rings. The quantitative estimate of drug-likeness (QED) is 0.830. The normalized spacial score (nSPS) is 16.7. The van der Waals surface area contributed by atoms with Gasteiger partial charge < -0.3 is 19.4 Å². The van der Waals surface area contributed by atoms with E-state index in [2.05, 4.69) is 22.0 Å². The Balaban J connectivity index is 1.88. The molecule has 0 bridgehead atoms. The smallest absolute Gasteiger partial charge is 0.407 e. The highest BCUT2D eigenvalue weighted by Gasteiger charge is 2.32. The average molecular weight is 372 g/mol. The summed E-state index contributed by atoms with van der Waals surface area (Å²) in [7, 11) is 1.44. The first-order valence-corrected chi connectivity index (χ1v) is 9.46. The second-order valence-corrected chi connectivity index (χ2v) is 7.93. The lowest BCUT2D eigenvalue weighted by molar-refractivity contribution is -0.143. The van der Waals surface area contributed by atoms with E-state index in [4.69, 9.17) is 9.47 Å². The van der Waals surface area contributed by atoms with Crippen LogP contribution < -0.4 is 5.32 Å². The molecule has 1 aliphatic heterocycles. The zero-order valence-corrected chi connectivity index (χ0v) is 16.5. The van der Waals surface area contributed by atoms with Crippen LogP contribution in [0, 0.1) is 0 Å². The Morgan fingerprint density at radius 1 is 1.26 bits per heavy atom. The number of aryl methyl sites for hydroxylation is 1. The molecule has 2 aromatic rings. The van der Waals surface area contributed by atoms with Crippen molar-refractivity contribution in [2.45, 2.75) is 58.1 Å². The van der Waals surface area contributed by atoms with Crippen molar-refractivity contribution >= 4 is 23.0 Å². The van der Waals surface area contributed by atoms with Crippen LogP contribution >= 0.6 is 0 Å². The van der Waals surface area contributed by atoms with Crippen molar-refractivity contribution < 1.29 is 19.1 Å². The van der Waals surface area contributed by atoms with Crippen molar-refractivity contribution in [1.82, 2.24) is 9.88 Å². The number of esters is 1. The average Bonchev–Trinajstić information content (AvgIpc) is 2.94. The third kappa shape index (κ3) is 4.10. The summed E-state index contributed by atoms with van der Waals surface area (Å²) in [6, 6.07) is 8.19. The first-order valence-electron chi connectivity index (χ1n) is 9.46. The van der Waals surface area contributed by atoms with Crippen molar-refractivity contribution in [2.24, 2.45) is 0 Å². The molecule has 1 aromatic heterocycles. The number of methoxy groups -OCH3 is 1. The van der Waals surface area contributed by atoms with Gasteiger partial charge in [-0.25, -0.2) is 4.79 Å². The molecular formula is C21H28N2O4. The van der Waals surface area contributed by atoms with E-state index < -0.39 is 11.7 Å². The third-order valence-electron chi connectivity index (χ3n) is 4.85. The minimum absolute atomic E-state index is 0.194. The summed E-state index contributed by atoms with van der Waals surface area (Å²) >= 11 is 0. The van der Waals surface area contributed by atoms with Gasteiger partial charge in [-0.2, -0.15) is 0 Å². The summed E-state index contributed by atoms with van der Waals surface area (Å²) in [6.07, 6.45) is 1.94. The van der Waals surface area contributed by atoms with Crippen LogP contribution in [0.2, 0.25) is 0 Å². The van der Waals surface area contributed by atoms with Crippen molar-refractivity contribution in [2.75, 3.05) is 13.7 Å². The Morgan fingerprint density at radius 2 is 2.00 bits per heavy atom. The molecule has 0 saturated heterocycles. The van der Waals surface area contributed by atoms with E-state index in [0.717, 1.165) is 41.5 Å². The van der Waals surface area contributed by atoms with Crippen LogP contribution in [0.3, 0.4) is 0 Å². The molecule has 2 heterocycles. The number of aromatic nitrogens is 1. The Morgan fingerprint density at radius 3 is 2.70 bits per heavy atom. The van der Waals surface area contributed by atoms with Crippen molar-refractivity contribution in [3.8, 4) is 0 Å². The molecule has 1 atom stereocenters. The molecule has 146 valence electrons. The molecule has 0 radical (unpaired) electrons. The molecular weight excluding hydrogens is 344 g/mol. The van der Waals surface area contributed by atoms with Gasteiger partial charge in [0.2, 0.25) is 0 Å². The highest BCUT2D eigenvalue weighted by Crippen LogP contribution is 2.38. The second-order valence-electron chi connectivity index (χ2n) is 7.93. The highest BCUT2D eigenvalue weighted by molar-refractivity contribution is 5.89. The van der Waals surface area contributed by atoms with Gasteiger partial charge in [-0.1, -0.05) is 18.2 Å². The molecule has 6 nitrogen and oxygen atoms in total. The highest BCUT2D eigenvalue weighted by atomic mass is 16.6. The number of para-hydroxylation sites is 1. The van der Waals surface area contributed by atoms with Crippen LogP contribution in [-0.4, -0.2) is 35.9 Å². The van der Waals surface area contributed by atoms with Gasteiger partial charge in [0.25, 0.3) is 0 Å². The molecule has 0 aliphatic carbocycles. The molecule has 1 unspecified atom stereocenters. The summed E-state index contributed by atoms with van der Waals surface area (Å²) in [5.74, 6) is -0.451. The van der Waals surface area contributed by atoms with E-state index >= 15 is 0 Å². The minimum atomic E-state index is -0.526. The topological polar surface area (TPSA) is 69.6 Å². The number of hydrogen-bond acceptors (Lipinski definition) is 4. The SMILES string of the molecule is COC(=O)C1CCCn2c1c(CCNC(=O)OC(C)(C)C)c1ccccc12. The molecule has 1 amide bonds. The van der Waals surface area contributed by atoms with Crippen LogP contribution in [0.15, 0.2) is 24.3 Å². The number of amides is 1. The summed E-state index contributed by atoms with van der Waals surface area (Å²) < 4.78 is 12.6. The van der Waals surface area contributed by atoms with E-state index in [1.807, 2.05) is 32.9 Å². The lowest BCUT2D eigenvalue weighted by Crippen LogP contribution is -2.33. The predicted octanol–water partition coefficient (Wildman–Crippen LogP) is 3.76. The van der Waals surface area contributed by atoms with Gasteiger partial charge in [0, 0.05) is 29.7 Å². The molecule has 1 N–H and O–H groups in total. The number of hydrogen-bond donors (Lipinski definition) is 1. The van der Waals surface area contributed by atoms with Crippen molar-refractivity contribution in [3.63, 3.8) is 0 Å². The lowest BCUT2D eigenvalue weighted by atomic mass is 9.92. The maximum atomic E-state index is 12.4. The van der Waals surface area contributed by atoms with E-state index in [-0.39, 0.29) is 11.9 Å². The van der Waals surface area contributed by atoms with Crippen LogP contribution in [0.4, 0.5) is 4.79 Å². The molecule has 3 rings (SSSR count). The number of nitrogens with one attached hydrogen (secondary N) is 1. The Hall–Kier alpha value is -2.50. The van der Waals surface area contributed by atoms with Gasteiger partial charge in [0.05, 0.1) is 13.0 Å². The summed E-state index contributed by atoms with van der Waals surface area (Å²) in [5, 5.41) is 3.95. The summed E-state index contributed by atoms with van der Waals surface area (Å²) in [6.45, 7) is 6.86. The Labute approximate surface area is 159 Å². The molecule has 6 heteroatoms. The molecule has 1 aromatic carbocycles. The zero-order valence-electron chi connectivity index (χ0n) is 16.5. The number of carbonyl (C=O) groups excluding carboxylic acids is 2. The number of alkyl carbamates (subject to hydrolysis) is 1. The standard InChI is InChI=1S/C21H28N2O4/c1-21(2,3)27-20(25)22-12-11-15-14-8-5-6-10-17(14)23-13-7-9-16(18(15)23)19(24)26-4/h5-6,8,10,16H,7,9,11-13H2,1-4H3,(H,22,25). The molecule has 1 aliphatic rings. The van der Waals surface area contributed by atoms with Gasteiger partial charge in [-0.15, -0.1) is 0 Å². The van der Waals surface area contributed by atoms with E-state index in [1.54, 1.807) is 0 Å². The number of ether oxygens (including phenoxy) is 2. The van der Waals surface area contributed by atoms with E-state index in [1.165, 1.54) is 7.11 Å². The fourth-order valence-electron chi connectivity index (χ4n) is 3.86. The molecule has 27 heavy (non-hydrogen) atoms. The Bertz CT molecular complexity index is 848.